The zero-order valence-electron chi connectivity index (χ0n) is 10.5. The van der Waals surface area contributed by atoms with E-state index in [1.807, 2.05) is 13.8 Å². The summed E-state index contributed by atoms with van der Waals surface area (Å²) in [5, 5.41) is 0. The summed E-state index contributed by atoms with van der Waals surface area (Å²) in [5.74, 6) is -0.311. The van der Waals surface area contributed by atoms with E-state index in [9.17, 15) is 8.78 Å². The van der Waals surface area contributed by atoms with Crippen LogP contribution in [0.15, 0.2) is 18.2 Å². The van der Waals surface area contributed by atoms with Crippen molar-refractivity contribution in [2.45, 2.75) is 19.8 Å². The number of nitrogens with two attached hydrogens (primary N) is 1. The molecule has 0 fully saturated rings. The molecule has 0 aliphatic heterocycles. The molecular formula is C13H15F2N3. The summed E-state index contributed by atoms with van der Waals surface area (Å²) in [6.45, 7) is 3.99. The summed E-state index contributed by atoms with van der Waals surface area (Å²) in [4.78, 5) is 4.40. The Kier molecular flexibility index (Phi) is 3.07. The maximum Gasteiger partial charge on any atom is 0.159 e. The lowest BCUT2D eigenvalue weighted by Gasteiger charge is -2.04. The van der Waals surface area contributed by atoms with Gasteiger partial charge in [-0.25, -0.2) is 13.8 Å². The van der Waals surface area contributed by atoms with Crippen LogP contribution in [0.2, 0.25) is 0 Å². The molecule has 96 valence electrons. The highest BCUT2D eigenvalue weighted by Crippen LogP contribution is 2.29. The fourth-order valence-corrected chi connectivity index (χ4v) is 1.90. The van der Waals surface area contributed by atoms with E-state index in [0.717, 1.165) is 18.0 Å². The van der Waals surface area contributed by atoms with Crippen molar-refractivity contribution >= 4 is 5.82 Å². The molecule has 1 aromatic carbocycles. The molecule has 3 nitrogen and oxygen atoms in total. The zero-order chi connectivity index (χ0) is 13.4. The maximum absolute atomic E-state index is 13.2. The molecule has 0 bridgehead atoms. The summed E-state index contributed by atoms with van der Waals surface area (Å²) < 4.78 is 27.9. The molecule has 2 aromatic rings. The van der Waals surface area contributed by atoms with Gasteiger partial charge >= 0.3 is 0 Å². The molecule has 0 amide bonds. The largest absolute Gasteiger partial charge is 0.383 e. The number of nitrogens with zero attached hydrogens (tertiary/aromatic N) is 2. The van der Waals surface area contributed by atoms with Gasteiger partial charge in [0.25, 0.3) is 0 Å². The van der Waals surface area contributed by atoms with Crippen molar-refractivity contribution in [3.8, 4) is 11.3 Å². The van der Waals surface area contributed by atoms with Gasteiger partial charge in [0.1, 0.15) is 17.3 Å². The highest BCUT2D eigenvalue weighted by atomic mass is 19.2. The Labute approximate surface area is 104 Å². The standard InChI is InChI=1S/C13H15F2N3/c1-7(2)13-17-11(12(16)18(13)3)8-4-5-9(14)10(15)6-8/h4-7H,16H2,1-3H3. The summed E-state index contributed by atoms with van der Waals surface area (Å²) in [6, 6.07) is 3.66. The van der Waals surface area contributed by atoms with Crippen molar-refractivity contribution in [1.29, 1.82) is 0 Å². The Morgan fingerprint density at radius 1 is 1.22 bits per heavy atom. The smallest absolute Gasteiger partial charge is 0.159 e. The highest BCUT2D eigenvalue weighted by molar-refractivity contribution is 5.71. The number of benzene rings is 1. The van der Waals surface area contributed by atoms with Crippen molar-refractivity contribution in [3.05, 3.63) is 35.7 Å². The van der Waals surface area contributed by atoms with Gasteiger partial charge in [-0.05, 0) is 18.2 Å². The van der Waals surface area contributed by atoms with Crippen molar-refractivity contribution in [2.24, 2.45) is 7.05 Å². The average Bonchev–Trinajstić information content (AvgIpc) is 2.60. The zero-order valence-corrected chi connectivity index (χ0v) is 10.5. The summed E-state index contributed by atoms with van der Waals surface area (Å²) in [5.41, 5.74) is 6.91. The van der Waals surface area contributed by atoms with E-state index in [4.69, 9.17) is 5.73 Å². The van der Waals surface area contributed by atoms with Crippen LogP contribution in [0.4, 0.5) is 14.6 Å². The van der Waals surface area contributed by atoms with E-state index < -0.39 is 11.6 Å². The average molecular weight is 251 g/mol. The molecule has 0 saturated heterocycles. The highest BCUT2D eigenvalue weighted by Gasteiger charge is 2.16. The number of halogens is 2. The molecular weight excluding hydrogens is 236 g/mol. The Bertz CT molecular complexity index is 588. The molecule has 5 heteroatoms. The number of rotatable bonds is 2. The predicted molar refractivity (Wildman–Crippen MR) is 67.1 cm³/mol. The van der Waals surface area contributed by atoms with E-state index in [-0.39, 0.29) is 5.92 Å². The van der Waals surface area contributed by atoms with Crippen LogP contribution in [-0.2, 0) is 7.05 Å². The van der Waals surface area contributed by atoms with Crippen LogP contribution in [0.3, 0.4) is 0 Å². The first-order valence-corrected chi connectivity index (χ1v) is 5.69. The van der Waals surface area contributed by atoms with Gasteiger partial charge in [0.15, 0.2) is 11.6 Å². The third-order valence-corrected chi connectivity index (χ3v) is 2.88. The molecule has 0 spiro atoms. The van der Waals surface area contributed by atoms with Crippen LogP contribution in [0, 0.1) is 11.6 Å². The van der Waals surface area contributed by atoms with Crippen molar-refractivity contribution in [3.63, 3.8) is 0 Å². The second-order valence-corrected chi connectivity index (χ2v) is 4.55. The van der Waals surface area contributed by atoms with Gasteiger partial charge in [-0.1, -0.05) is 13.8 Å². The van der Waals surface area contributed by atoms with E-state index >= 15 is 0 Å². The van der Waals surface area contributed by atoms with E-state index in [2.05, 4.69) is 4.98 Å². The summed E-state index contributed by atoms with van der Waals surface area (Å²) >= 11 is 0. The van der Waals surface area contributed by atoms with Gasteiger partial charge in [0.2, 0.25) is 0 Å². The minimum atomic E-state index is -0.899. The molecule has 0 aliphatic rings. The Morgan fingerprint density at radius 3 is 2.39 bits per heavy atom. The van der Waals surface area contributed by atoms with Crippen LogP contribution < -0.4 is 5.73 Å². The van der Waals surface area contributed by atoms with Gasteiger partial charge in [-0.2, -0.15) is 0 Å². The molecule has 2 rings (SSSR count). The Hall–Kier alpha value is -1.91. The van der Waals surface area contributed by atoms with Gasteiger partial charge in [0.05, 0.1) is 0 Å². The minimum absolute atomic E-state index is 0.205. The number of hydrogen-bond donors (Lipinski definition) is 1. The van der Waals surface area contributed by atoms with E-state index in [0.29, 0.717) is 17.1 Å². The molecule has 1 aromatic heterocycles. The fourth-order valence-electron chi connectivity index (χ4n) is 1.90. The normalized spacial score (nSPS) is 11.2. The van der Waals surface area contributed by atoms with Gasteiger partial charge in [-0.3, -0.25) is 0 Å². The van der Waals surface area contributed by atoms with Gasteiger partial charge in [-0.15, -0.1) is 0 Å². The molecule has 0 radical (unpaired) electrons. The van der Waals surface area contributed by atoms with Crippen molar-refractivity contribution in [2.75, 3.05) is 5.73 Å². The monoisotopic (exact) mass is 251 g/mol. The number of aromatic nitrogens is 2. The number of nitrogen functional groups attached to an aromatic ring is 1. The third kappa shape index (κ3) is 1.96. The summed E-state index contributed by atoms with van der Waals surface area (Å²) in [6.07, 6.45) is 0. The maximum atomic E-state index is 13.2. The molecule has 0 unspecified atom stereocenters. The molecule has 2 N–H and O–H groups in total. The predicted octanol–water partition coefficient (Wildman–Crippen LogP) is 3.07. The van der Waals surface area contributed by atoms with Crippen molar-refractivity contribution in [1.82, 2.24) is 9.55 Å². The first-order chi connectivity index (χ1) is 8.41. The summed E-state index contributed by atoms with van der Waals surface area (Å²) in [7, 11) is 1.81. The van der Waals surface area contributed by atoms with E-state index in [1.54, 1.807) is 11.6 Å². The lowest BCUT2D eigenvalue weighted by Crippen LogP contribution is -2.02. The molecule has 1 heterocycles. The second-order valence-electron chi connectivity index (χ2n) is 4.55. The third-order valence-electron chi connectivity index (χ3n) is 2.88. The van der Waals surface area contributed by atoms with Crippen molar-refractivity contribution < 1.29 is 8.78 Å². The first-order valence-electron chi connectivity index (χ1n) is 5.69. The number of anilines is 1. The van der Waals surface area contributed by atoms with Crippen LogP contribution in [0.1, 0.15) is 25.6 Å². The topological polar surface area (TPSA) is 43.8 Å². The molecule has 0 aliphatic carbocycles. The lowest BCUT2D eigenvalue weighted by molar-refractivity contribution is 0.509. The Morgan fingerprint density at radius 2 is 1.89 bits per heavy atom. The first kappa shape index (κ1) is 12.5. The number of imidazole rings is 1. The van der Waals surface area contributed by atoms with Gasteiger partial charge < -0.3 is 10.3 Å². The lowest BCUT2D eigenvalue weighted by atomic mass is 10.1. The molecule has 0 atom stereocenters. The van der Waals surface area contributed by atoms with E-state index in [1.165, 1.54) is 6.07 Å². The van der Waals surface area contributed by atoms with Gasteiger partial charge in [0, 0.05) is 18.5 Å². The van der Waals surface area contributed by atoms with Crippen LogP contribution >= 0.6 is 0 Å². The molecule has 18 heavy (non-hydrogen) atoms. The van der Waals surface area contributed by atoms with Crippen LogP contribution in [-0.4, -0.2) is 9.55 Å². The fraction of sp³-hybridized carbons (Fsp3) is 0.308. The molecule has 0 saturated carbocycles. The van der Waals surface area contributed by atoms with Crippen LogP contribution in [0.5, 0.6) is 0 Å². The quantitative estimate of drug-likeness (QED) is 0.891. The number of hydrogen-bond acceptors (Lipinski definition) is 2. The Balaban J connectivity index is 2.57. The second kappa shape index (κ2) is 4.40. The SMILES string of the molecule is CC(C)c1nc(-c2ccc(F)c(F)c2)c(N)n1C. The van der Waals surface area contributed by atoms with Crippen LogP contribution in [0.25, 0.3) is 11.3 Å². The minimum Gasteiger partial charge on any atom is -0.383 e.